The highest BCUT2D eigenvalue weighted by atomic mass is 15.3. The van der Waals surface area contributed by atoms with Crippen molar-refractivity contribution in [3.8, 4) is 11.4 Å². The van der Waals surface area contributed by atoms with Crippen LogP contribution >= 0.6 is 0 Å². The van der Waals surface area contributed by atoms with Crippen molar-refractivity contribution >= 4 is 5.82 Å². The average Bonchev–Trinajstić information content (AvgIpc) is 2.57. The Morgan fingerprint density at radius 2 is 2.06 bits per heavy atom. The first-order valence-corrected chi connectivity index (χ1v) is 4.93. The monoisotopic (exact) mass is 218 g/mol. The summed E-state index contributed by atoms with van der Waals surface area (Å²) in [5.74, 6) is 6.59. The predicted molar refractivity (Wildman–Crippen MR) is 61.5 cm³/mol. The van der Waals surface area contributed by atoms with Gasteiger partial charge in [-0.3, -0.25) is 4.68 Å². The molecule has 3 N–H and O–H groups in total. The van der Waals surface area contributed by atoms with Crippen LogP contribution in [0.5, 0.6) is 0 Å². The number of hydrogen-bond acceptors (Lipinski definition) is 5. The molecule has 0 aliphatic rings. The fourth-order valence-electron chi connectivity index (χ4n) is 1.58. The van der Waals surface area contributed by atoms with Gasteiger partial charge in [-0.05, 0) is 13.8 Å². The van der Waals surface area contributed by atoms with Gasteiger partial charge in [0.05, 0.1) is 11.3 Å². The molecule has 0 aromatic carbocycles. The lowest BCUT2D eigenvalue weighted by molar-refractivity contribution is 0.756. The van der Waals surface area contributed by atoms with E-state index in [0.29, 0.717) is 11.6 Å². The van der Waals surface area contributed by atoms with Gasteiger partial charge in [0.15, 0.2) is 5.82 Å². The largest absolute Gasteiger partial charge is 0.308 e. The number of nitrogens with one attached hydrogen (secondary N) is 1. The molecule has 16 heavy (non-hydrogen) atoms. The summed E-state index contributed by atoms with van der Waals surface area (Å²) in [6.45, 7) is 3.83. The first kappa shape index (κ1) is 10.6. The van der Waals surface area contributed by atoms with Crippen LogP contribution in [0.3, 0.4) is 0 Å². The zero-order valence-corrected chi connectivity index (χ0v) is 9.52. The minimum absolute atomic E-state index is 0.603. The van der Waals surface area contributed by atoms with Gasteiger partial charge in [-0.25, -0.2) is 15.8 Å². The molecular formula is C10H14N6. The van der Waals surface area contributed by atoms with Crippen molar-refractivity contribution in [1.82, 2.24) is 19.7 Å². The van der Waals surface area contributed by atoms with Crippen LogP contribution in [0.2, 0.25) is 0 Å². The Kier molecular flexibility index (Phi) is 2.57. The fraction of sp³-hybridized carbons (Fsp3) is 0.300. The zero-order valence-electron chi connectivity index (χ0n) is 9.52. The first-order valence-electron chi connectivity index (χ1n) is 4.93. The van der Waals surface area contributed by atoms with E-state index < -0.39 is 0 Å². The molecule has 0 unspecified atom stereocenters. The number of anilines is 1. The van der Waals surface area contributed by atoms with E-state index in [1.54, 1.807) is 10.7 Å². The van der Waals surface area contributed by atoms with Gasteiger partial charge >= 0.3 is 0 Å². The van der Waals surface area contributed by atoms with E-state index in [2.05, 4.69) is 20.5 Å². The van der Waals surface area contributed by atoms with E-state index in [-0.39, 0.29) is 0 Å². The van der Waals surface area contributed by atoms with Crippen molar-refractivity contribution in [3.63, 3.8) is 0 Å². The fourth-order valence-corrected chi connectivity index (χ4v) is 1.58. The summed E-state index contributed by atoms with van der Waals surface area (Å²) in [4.78, 5) is 8.66. The second-order valence-electron chi connectivity index (χ2n) is 3.66. The van der Waals surface area contributed by atoms with E-state index in [0.717, 1.165) is 17.0 Å². The molecule has 0 aliphatic carbocycles. The van der Waals surface area contributed by atoms with Crippen LogP contribution in [-0.4, -0.2) is 19.7 Å². The Hall–Kier alpha value is -1.95. The molecule has 84 valence electrons. The van der Waals surface area contributed by atoms with Crippen LogP contribution in [0.25, 0.3) is 11.4 Å². The molecule has 2 rings (SSSR count). The smallest absolute Gasteiger partial charge is 0.165 e. The topological polar surface area (TPSA) is 81.6 Å². The van der Waals surface area contributed by atoms with E-state index in [9.17, 15) is 0 Å². The number of aromatic nitrogens is 4. The number of nitrogens with zero attached hydrogens (tertiary/aromatic N) is 4. The van der Waals surface area contributed by atoms with Gasteiger partial charge in [0.25, 0.3) is 0 Å². The summed E-state index contributed by atoms with van der Waals surface area (Å²) in [7, 11) is 1.87. The Morgan fingerprint density at radius 3 is 2.62 bits per heavy atom. The molecule has 2 heterocycles. The van der Waals surface area contributed by atoms with Crippen LogP contribution in [-0.2, 0) is 7.05 Å². The van der Waals surface area contributed by atoms with E-state index in [1.807, 2.05) is 27.1 Å². The number of rotatable bonds is 2. The molecule has 0 saturated heterocycles. The standard InChI is InChI=1S/C10H14N6/c1-6-4-9(14-11)13-10(12-6)8-5-16(3)15-7(8)2/h4-5H,11H2,1-3H3,(H,12,13,14). The van der Waals surface area contributed by atoms with Gasteiger partial charge in [-0.2, -0.15) is 5.10 Å². The molecular weight excluding hydrogens is 204 g/mol. The van der Waals surface area contributed by atoms with Gasteiger partial charge in [-0.1, -0.05) is 0 Å². The van der Waals surface area contributed by atoms with Crippen molar-refractivity contribution in [2.45, 2.75) is 13.8 Å². The van der Waals surface area contributed by atoms with Crippen molar-refractivity contribution in [3.05, 3.63) is 23.7 Å². The summed E-state index contributed by atoms with van der Waals surface area (Å²) < 4.78 is 1.74. The van der Waals surface area contributed by atoms with Gasteiger partial charge in [0.1, 0.15) is 5.82 Å². The maximum absolute atomic E-state index is 5.35. The number of nitrogen functional groups attached to an aromatic ring is 1. The van der Waals surface area contributed by atoms with Crippen LogP contribution in [0.1, 0.15) is 11.4 Å². The first-order chi connectivity index (χ1) is 7.60. The van der Waals surface area contributed by atoms with Gasteiger partial charge in [0.2, 0.25) is 0 Å². The molecule has 0 amide bonds. The number of aryl methyl sites for hydroxylation is 3. The van der Waals surface area contributed by atoms with E-state index >= 15 is 0 Å². The van der Waals surface area contributed by atoms with Gasteiger partial charge < -0.3 is 5.43 Å². The maximum atomic E-state index is 5.35. The highest BCUT2D eigenvalue weighted by Gasteiger charge is 2.10. The molecule has 0 fully saturated rings. The normalized spacial score (nSPS) is 10.5. The highest BCUT2D eigenvalue weighted by Crippen LogP contribution is 2.20. The van der Waals surface area contributed by atoms with Crippen molar-refractivity contribution in [2.75, 3.05) is 5.43 Å². The lowest BCUT2D eigenvalue weighted by Crippen LogP contribution is -2.10. The molecule has 0 aliphatic heterocycles. The third-order valence-electron chi connectivity index (χ3n) is 2.26. The Balaban J connectivity index is 2.55. The number of hydrogen-bond donors (Lipinski definition) is 2. The predicted octanol–water partition coefficient (Wildman–Crippen LogP) is 0.780. The SMILES string of the molecule is Cc1cc(NN)nc(-c2cn(C)nc2C)n1. The van der Waals surface area contributed by atoms with Crippen LogP contribution in [0.15, 0.2) is 12.3 Å². The quantitative estimate of drug-likeness (QED) is 0.575. The molecule has 6 heteroatoms. The zero-order chi connectivity index (χ0) is 11.7. The second kappa shape index (κ2) is 3.90. The second-order valence-corrected chi connectivity index (χ2v) is 3.66. The molecule has 0 bridgehead atoms. The van der Waals surface area contributed by atoms with Crippen LogP contribution < -0.4 is 11.3 Å². The van der Waals surface area contributed by atoms with Crippen molar-refractivity contribution < 1.29 is 0 Å². The highest BCUT2D eigenvalue weighted by molar-refractivity contribution is 5.59. The number of hydrazine groups is 1. The minimum Gasteiger partial charge on any atom is -0.308 e. The third-order valence-corrected chi connectivity index (χ3v) is 2.26. The average molecular weight is 218 g/mol. The van der Waals surface area contributed by atoms with E-state index in [1.165, 1.54) is 0 Å². The number of nitrogens with two attached hydrogens (primary N) is 1. The lowest BCUT2D eigenvalue weighted by atomic mass is 10.2. The van der Waals surface area contributed by atoms with Crippen LogP contribution in [0, 0.1) is 13.8 Å². The third kappa shape index (κ3) is 1.87. The van der Waals surface area contributed by atoms with Crippen molar-refractivity contribution in [1.29, 1.82) is 0 Å². The molecule has 2 aromatic heterocycles. The van der Waals surface area contributed by atoms with Gasteiger partial charge in [-0.15, -0.1) is 0 Å². The molecule has 0 spiro atoms. The summed E-state index contributed by atoms with van der Waals surface area (Å²) in [6.07, 6.45) is 1.89. The van der Waals surface area contributed by atoms with E-state index in [4.69, 9.17) is 5.84 Å². The molecule has 6 nitrogen and oxygen atoms in total. The molecule has 0 saturated carbocycles. The summed E-state index contributed by atoms with van der Waals surface area (Å²) in [5.41, 5.74) is 5.21. The molecule has 2 aromatic rings. The maximum Gasteiger partial charge on any atom is 0.165 e. The summed E-state index contributed by atoms with van der Waals surface area (Å²) in [5, 5.41) is 4.26. The van der Waals surface area contributed by atoms with Gasteiger partial charge in [0, 0.05) is 25.0 Å². The Bertz CT molecular complexity index is 516. The Morgan fingerprint density at radius 1 is 1.31 bits per heavy atom. The molecule has 0 radical (unpaired) electrons. The summed E-state index contributed by atoms with van der Waals surface area (Å²) >= 11 is 0. The summed E-state index contributed by atoms with van der Waals surface area (Å²) in [6, 6.07) is 1.79. The molecule has 0 atom stereocenters. The Labute approximate surface area is 93.5 Å². The van der Waals surface area contributed by atoms with Crippen molar-refractivity contribution in [2.24, 2.45) is 12.9 Å². The lowest BCUT2D eigenvalue weighted by Gasteiger charge is -2.03. The van der Waals surface area contributed by atoms with Crippen LogP contribution in [0.4, 0.5) is 5.82 Å². The minimum atomic E-state index is 0.603.